The number of nitrogens with zero attached hydrogens (tertiary/aromatic N) is 4. The van der Waals surface area contributed by atoms with Gasteiger partial charge >= 0.3 is 6.09 Å². The van der Waals surface area contributed by atoms with Gasteiger partial charge in [0.2, 0.25) is 0 Å². The Kier molecular flexibility index (Phi) is 3.24. The Bertz CT molecular complexity index is 1050. The average Bonchev–Trinajstić information content (AvgIpc) is 3.18. The van der Waals surface area contributed by atoms with Gasteiger partial charge in [0.1, 0.15) is 24.4 Å². The average molecular weight is 375 g/mol. The predicted molar refractivity (Wildman–Crippen MR) is 104 cm³/mol. The largest absolute Gasteiger partial charge is 0.445 e. The molecule has 2 aliphatic heterocycles. The predicted octanol–water partition coefficient (Wildman–Crippen LogP) is 2.95. The van der Waals surface area contributed by atoms with Gasteiger partial charge in [-0.1, -0.05) is 30.3 Å². The van der Waals surface area contributed by atoms with Crippen LogP contribution in [0, 0.1) is 5.92 Å². The molecule has 7 heteroatoms. The zero-order valence-corrected chi connectivity index (χ0v) is 15.4. The summed E-state index contributed by atoms with van der Waals surface area (Å²) in [7, 11) is 0. The van der Waals surface area contributed by atoms with Crippen molar-refractivity contribution in [2.24, 2.45) is 5.92 Å². The number of benzene rings is 1. The van der Waals surface area contributed by atoms with E-state index in [1.807, 2.05) is 47.5 Å². The molecule has 7 nitrogen and oxygen atoms in total. The minimum atomic E-state index is -0.185. The van der Waals surface area contributed by atoms with Gasteiger partial charge in [-0.25, -0.2) is 14.8 Å². The second kappa shape index (κ2) is 5.70. The topological polar surface area (TPSA) is 74.1 Å². The minimum Gasteiger partial charge on any atom is -0.445 e. The SMILES string of the molecule is O=C(OCc1ccccc1)N1C2CN(c3ncnc4[nH]ccc34)CC3CCC321. The van der Waals surface area contributed by atoms with Crippen molar-refractivity contribution in [1.29, 1.82) is 0 Å². The number of anilines is 1. The van der Waals surface area contributed by atoms with Gasteiger partial charge in [-0.2, -0.15) is 0 Å². The van der Waals surface area contributed by atoms with Crippen molar-refractivity contribution in [2.45, 2.75) is 31.0 Å². The lowest BCUT2D eigenvalue weighted by atomic mass is 9.68. The van der Waals surface area contributed by atoms with E-state index in [4.69, 9.17) is 4.74 Å². The van der Waals surface area contributed by atoms with Crippen LogP contribution in [0.2, 0.25) is 0 Å². The maximum absolute atomic E-state index is 12.8. The van der Waals surface area contributed by atoms with Gasteiger partial charge in [-0.3, -0.25) is 4.90 Å². The Morgan fingerprint density at radius 1 is 1.21 bits per heavy atom. The van der Waals surface area contributed by atoms with Crippen LogP contribution in [0.25, 0.3) is 11.0 Å². The first kappa shape index (κ1) is 15.9. The highest BCUT2D eigenvalue weighted by Gasteiger charge is 2.75. The van der Waals surface area contributed by atoms with Crippen LogP contribution in [0.15, 0.2) is 48.9 Å². The van der Waals surface area contributed by atoms with Gasteiger partial charge in [0.15, 0.2) is 0 Å². The van der Waals surface area contributed by atoms with E-state index in [0.717, 1.165) is 48.3 Å². The highest BCUT2D eigenvalue weighted by molar-refractivity contribution is 5.87. The van der Waals surface area contributed by atoms with E-state index < -0.39 is 0 Å². The summed E-state index contributed by atoms with van der Waals surface area (Å²) in [5.41, 5.74) is 1.89. The Hall–Kier alpha value is -3.09. The maximum Gasteiger partial charge on any atom is 0.411 e. The minimum absolute atomic E-state index is 0.0224. The number of carbonyl (C=O) groups excluding carboxylic acids is 1. The highest BCUT2D eigenvalue weighted by atomic mass is 16.6. The first-order valence-electron chi connectivity index (χ1n) is 9.80. The van der Waals surface area contributed by atoms with E-state index in [1.54, 1.807) is 6.33 Å². The first-order valence-corrected chi connectivity index (χ1v) is 9.80. The number of ether oxygens (including phenoxy) is 1. The number of H-pyrrole nitrogens is 1. The van der Waals surface area contributed by atoms with Crippen molar-refractivity contribution < 1.29 is 9.53 Å². The first-order chi connectivity index (χ1) is 13.8. The van der Waals surface area contributed by atoms with Gasteiger partial charge in [0.05, 0.1) is 17.0 Å². The van der Waals surface area contributed by atoms with Gasteiger partial charge in [0.25, 0.3) is 0 Å². The van der Waals surface area contributed by atoms with Crippen LogP contribution in [0.5, 0.6) is 0 Å². The second-order valence-electron chi connectivity index (χ2n) is 8.00. The number of nitrogens with one attached hydrogen (secondary N) is 1. The summed E-state index contributed by atoms with van der Waals surface area (Å²) < 4.78 is 5.63. The summed E-state index contributed by atoms with van der Waals surface area (Å²) >= 11 is 0. The molecule has 3 unspecified atom stereocenters. The van der Waals surface area contributed by atoms with Gasteiger partial charge in [0, 0.05) is 25.2 Å². The summed E-state index contributed by atoms with van der Waals surface area (Å²) in [6.07, 6.45) is 5.55. The molecule has 1 amide bonds. The summed E-state index contributed by atoms with van der Waals surface area (Å²) in [6, 6.07) is 12.1. The zero-order chi connectivity index (χ0) is 18.7. The monoisotopic (exact) mass is 375 g/mol. The molecule has 0 bridgehead atoms. The Morgan fingerprint density at radius 3 is 2.93 bits per heavy atom. The summed E-state index contributed by atoms with van der Waals surface area (Å²) in [4.78, 5) is 29.1. The van der Waals surface area contributed by atoms with Crippen LogP contribution >= 0.6 is 0 Å². The standard InChI is InChI=1S/C21H21N5O2/c27-20(28-12-14-4-2-1-3-5-14)26-17-11-25(10-15-6-8-21(15,17)26)19-16-7-9-22-18(16)23-13-24-19/h1-5,7,9,13,15,17H,6,8,10-12H2,(H,22,23,24). The third-order valence-electron chi connectivity index (χ3n) is 6.74. The molecule has 3 atom stereocenters. The molecule has 3 aliphatic rings. The number of hydrogen-bond acceptors (Lipinski definition) is 5. The van der Waals surface area contributed by atoms with Gasteiger partial charge < -0.3 is 14.6 Å². The van der Waals surface area contributed by atoms with Crippen LogP contribution in [0.3, 0.4) is 0 Å². The van der Waals surface area contributed by atoms with E-state index in [0.29, 0.717) is 12.5 Å². The molecule has 2 aromatic heterocycles. The molecular formula is C21H21N5O2. The lowest BCUT2D eigenvalue weighted by Crippen LogP contribution is -2.53. The molecule has 1 spiro atoms. The highest BCUT2D eigenvalue weighted by Crippen LogP contribution is 2.62. The van der Waals surface area contributed by atoms with Crippen molar-refractivity contribution >= 4 is 22.9 Å². The third-order valence-corrected chi connectivity index (χ3v) is 6.74. The maximum atomic E-state index is 12.8. The fraction of sp³-hybridized carbons (Fsp3) is 0.381. The number of fused-ring (bicyclic) bond motifs is 1. The Morgan fingerprint density at radius 2 is 2.11 bits per heavy atom. The number of aromatic nitrogens is 3. The van der Waals surface area contributed by atoms with E-state index >= 15 is 0 Å². The van der Waals surface area contributed by atoms with Gasteiger partial charge in [-0.15, -0.1) is 0 Å². The van der Waals surface area contributed by atoms with Crippen molar-refractivity contribution in [2.75, 3.05) is 18.0 Å². The molecule has 2 saturated heterocycles. The molecule has 142 valence electrons. The van der Waals surface area contributed by atoms with Crippen LogP contribution in [-0.4, -0.2) is 50.6 Å². The number of carbonyl (C=O) groups is 1. The van der Waals surface area contributed by atoms with Crippen LogP contribution in [-0.2, 0) is 11.3 Å². The van der Waals surface area contributed by atoms with E-state index in [-0.39, 0.29) is 17.7 Å². The summed E-state index contributed by atoms with van der Waals surface area (Å²) in [5.74, 6) is 1.44. The summed E-state index contributed by atoms with van der Waals surface area (Å²) in [5, 5.41) is 1.04. The summed E-state index contributed by atoms with van der Waals surface area (Å²) in [6.45, 7) is 2.05. The molecule has 1 aliphatic carbocycles. The van der Waals surface area contributed by atoms with Crippen molar-refractivity contribution in [1.82, 2.24) is 19.9 Å². The van der Waals surface area contributed by atoms with E-state index in [9.17, 15) is 4.79 Å². The molecule has 1 saturated carbocycles. The number of rotatable bonds is 3. The van der Waals surface area contributed by atoms with E-state index in [1.165, 1.54) is 0 Å². The Balaban J connectivity index is 1.21. The molecule has 0 radical (unpaired) electrons. The lowest BCUT2D eigenvalue weighted by Gasteiger charge is -2.44. The fourth-order valence-corrected chi connectivity index (χ4v) is 5.22. The number of aromatic amines is 1. The van der Waals surface area contributed by atoms with E-state index in [2.05, 4.69) is 19.9 Å². The number of amides is 1. The fourth-order valence-electron chi connectivity index (χ4n) is 5.22. The number of hydrogen-bond donors (Lipinski definition) is 1. The van der Waals surface area contributed by atoms with Gasteiger partial charge in [-0.05, 0) is 24.5 Å². The molecule has 6 rings (SSSR count). The van der Waals surface area contributed by atoms with Crippen LogP contribution < -0.4 is 4.90 Å². The molecule has 3 fully saturated rings. The normalized spacial score (nSPS) is 27.7. The van der Waals surface area contributed by atoms with Crippen LogP contribution in [0.1, 0.15) is 18.4 Å². The second-order valence-corrected chi connectivity index (χ2v) is 8.00. The quantitative estimate of drug-likeness (QED) is 0.713. The molecule has 3 aromatic rings. The Labute approximate surface area is 162 Å². The van der Waals surface area contributed by atoms with Crippen molar-refractivity contribution in [3.8, 4) is 0 Å². The smallest absolute Gasteiger partial charge is 0.411 e. The molecular weight excluding hydrogens is 354 g/mol. The van der Waals surface area contributed by atoms with Crippen LogP contribution in [0.4, 0.5) is 10.6 Å². The zero-order valence-electron chi connectivity index (χ0n) is 15.4. The lowest BCUT2D eigenvalue weighted by molar-refractivity contribution is 0.0959. The number of piperidine rings is 1. The molecule has 28 heavy (non-hydrogen) atoms. The molecule has 1 aromatic carbocycles. The molecule has 4 heterocycles. The third kappa shape index (κ3) is 2.13. The van der Waals surface area contributed by atoms with Crippen molar-refractivity contribution in [3.05, 3.63) is 54.5 Å². The van der Waals surface area contributed by atoms with Crippen molar-refractivity contribution in [3.63, 3.8) is 0 Å². The molecule has 1 N–H and O–H groups in total.